The lowest BCUT2D eigenvalue weighted by molar-refractivity contribution is 0.0224. The van der Waals surface area contributed by atoms with E-state index in [1.165, 1.54) is 0 Å². The molecular formula is C32H37ClN2O4. The summed E-state index contributed by atoms with van der Waals surface area (Å²) in [6.45, 7) is 10.8. The van der Waals surface area contributed by atoms with Crippen molar-refractivity contribution in [3.8, 4) is 11.5 Å². The van der Waals surface area contributed by atoms with E-state index in [0.717, 1.165) is 61.2 Å². The summed E-state index contributed by atoms with van der Waals surface area (Å²) < 4.78 is 18.6. The number of halogens is 1. The van der Waals surface area contributed by atoms with E-state index in [1.807, 2.05) is 44.2 Å². The summed E-state index contributed by atoms with van der Waals surface area (Å²) in [6, 6.07) is 17.6. The van der Waals surface area contributed by atoms with Gasteiger partial charge in [-0.1, -0.05) is 56.5 Å². The third kappa shape index (κ3) is 4.96. The van der Waals surface area contributed by atoms with Gasteiger partial charge in [0.2, 0.25) is 0 Å². The highest BCUT2D eigenvalue weighted by Crippen LogP contribution is 2.57. The van der Waals surface area contributed by atoms with Crippen molar-refractivity contribution in [1.82, 2.24) is 0 Å². The number of fused-ring (bicyclic) bond motifs is 6. The van der Waals surface area contributed by atoms with Crippen molar-refractivity contribution >= 4 is 28.9 Å². The molecule has 206 valence electrons. The zero-order valence-corrected chi connectivity index (χ0v) is 23.9. The molecule has 2 unspecified atom stereocenters. The van der Waals surface area contributed by atoms with Gasteiger partial charge in [0.05, 0.1) is 16.3 Å². The highest BCUT2D eigenvalue weighted by atomic mass is 35.5. The molecule has 39 heavy (non-hydrogen) atoms. The molecule has 2 heterocycles. The number of hydrogen-bond donors (Lipinski definition) is 1. The first kappa shape index (κ1) is 27.4. The highest BCUT2D eigenvalue weighted by molar-refractivity contribution is 6.33. The molecule has 3 aromatic rings. The maximum Gasteiger partial charge on any atom is 0.340 e. The Labute approximate surface area is 236 Å². The number of rotatable bonds is 11. The monoisotopic (exact) mass is 548 g/mol. The third-order valence-corrected chi connectivity index (χ3v) is 7.80. The Kier molecular flexibility index (Phi) is 8.06. The molecule has 7 heteroatoms. The molecule has 0 aliphatic carbocycles. The van der Waals surface area contributed by atoms with E-state index in [-0.39, 0.29) is 12.2 Å². The molecule has 2 aliphatic rings. The van der Waals surface area contributed by atoms with E-state index in [0.29, 0.717) is 34.4 Å². The molecule has 0 saturated carbocycles. The van der Waals surface area contributed by atoms with Crippen LogP contribution < -0.4 is 15.0 Å². The molecule has 0 saturated heterocycles. The van der Waals surface area contributed by atoms with Gasteiger partial charge in [-0.2, -0.15) is 0 Å². The largest absolute Gasteiger partial charge is 0.456 e. The molecular weight excluding hydrogens is 512 g/mol. The minimum atomic E-state index is -1.15. The van der Waals surface area contributed by atoms with E-state index in [2.05, 4.69) is 42.3 Å². The van der Waals surface area contributed by atoms with Crippen LogP contribution in [0.2, 0.25) is 5.02 Å². The molecule has 0 amide bonds. The maximum atomic E-state index is 13.3. The topological polar surface area (TPSA) is 60.0 Å². The van der Waals surface area contributed by atoms with Crippen molar-refractivity contribution in [2.24, 2.45) is 0 Å². The van der Waals surface area contributed by atoms with Crippen molar-refractivity contribution in [3.05, 3.63) is 81.9 Å². The lowest BCUT2D eigenvalue weighted by Crippen LogP contribution is -2.34. The summed E-state index contributed by atoms with van der Waals surface area (Å²) in [5.74, 6) is 0.882. The Morgan fingerprint density at radius 1 is 0.949 bits per heavy atom. The van der Waals surface area contributed by atoms with E-state index in [1.54, 1.807) is 6.07 Å². The molecule has 1 spiro atoms. The van der Waals surface area contributed by atoms with Crippen LogP contribution in [0.25, 0.3) is 0 Å². The summed E-state index contributed by atoms with van der Waals surface area (Å²) in [7, 11) is 0. The summed E-state index contributed by atoms with van der Waals surface area (Å²) in [5, 5.41) is 3.83. The van der Waals surface area contributed by atoms with Crippen LogP contribution in [-0.2, 0) is 15.1 Å². The van der Waals surface area contributed by atoms with Crippen molar-refractivity contribution in [1.29, 1.82) is 0 Å². The fourth-order valence-electron chi connectivity index (χ4n) is 5.57. The predicted molar refractivity (Wildman–Crippen MR) is 156 cm³/mol. The van der Waals surface area contributed by atoms with Crippen LogP contribution in [-0.4, -0.2) is 31.9 Å². The third-order valence-electron chi connectivity index (χ3n) is 7.49. The Hall–Kier alpha value is -3.22. The number of ether oxygens (including phenoxy) is 3. The van der Waals surface area contributed by atoms with Crippen LogP contribution in [0, 0.1) is 0 Å². The fraction of sp³-hybridized carbons (Fsp3) is 0.406. The Bertz CT molecular complexity index is 1350. The summed E-state index contributed by atoms with van der Waals surface area (Å²) in [4.78, 5) is 15.7. The van der Waals surface area contributed by atoms with Gasteiger partial charge in [-0.25, -0.2) is 4.79 Å². The highest BCUT2D eigenvalue weighted by Gasteiger charge is 2.53. The van der Waals surface area contributed by atoms with Crippen LogP contribution in [0.15, 0.2) is 54.6 Å². The van der Waals surface area contributed by atoms with E-state index in [4.69, 9.17) is 25.8 Å². The predicted octanol–water partition coefficient (Wildman–Crippen LogP) is 8.11. The fourth-order valence-corrected chi connectivity index (χ4v) is 5.78. The Balaban J connectivity index is 1.67. The smallest absolute Gasteiger partial charge is 0.340 e. The van der Waals surface area contributed by atoms with Crippen molar-refractivity contribution in [2.75, 3.05) is 29.9 Å². The molecule has 3 aromatic carbocycles. The minimum Gasteiger partial charge on any atom is -0.456 e. The second-order valence-electron chi connectivity index (χ2n) is 10.2. The first-order valence-electron chi connectivity index (χ1n) is 14.0. The Morgan fingerprint density at radius 3 is 2.38 bits per heavy atom. The van der Waals surface area contributed by atoms with Crippen LogP contribution in [0.4, 0.5) is 11.4 Å². The van der Waals surface area contributed by atoms with Gasteiger partial charge in [0, 0.05) is 54.2 Å². The molecule has 0 radical (unpaired) electrons. The van der Waals surface area contributed by atoms with E-state index in [9.17, 15) is 4.79 Å². The first-order valence-corrected chi connectivity index (χ1v) is 14.4. The van der Waals surface area contributed by atoms with Crippen LogP contribution in [0.1, 0.15) is 80.4 Å². The SMILES string of the molecule is CCCCN(CCCC)c1ccc2c(c1)Oc1cc(Cl)c(NC(C)OCC)cc1C21OC(=O)c2ccccc21. The van der Waals surface area contributed by atoms with Gasteiger partial charge in [-0.05, 0) is 51.0 Å². The standard InChI is InChI=1S/C32H37ClN2O4/c1-5-8-16-35(17-9-6-2)22-14-15-25-29(18-22)38-30-20-27(33)28(34-21(4)37-7-3)19-26(30)32(25)24-13-11-10-12-23(24)31(36)39-32/h10-15,18-21,34H,5-9,16-17H2,1-4H3. The molecule has 5 rings (SSSR count). The second kappa shape index (κ2) is 11.5. The van der Waals surface area contributed by atoms with Gasteiger partial charge >= 0.3 is 5.97 Å². The van der Waals surface area contributed by atoms with Crippen LogP contribution >= 0.6 is 11.6 Å². The lowest BCUT2D eigenvalue weighted by atomic mass is 9.77. The quantitative estimate of drug-likeness (QED) is 0.193. The molecule has 0 aromatic heterocycles. The number of esters is 1. The van der Waals surface area contributed by atoms with Crippen molar-refractivity contribution < 1.29 is 19.0 Å². The molecule has 0 fully saturated rings. The minimum absolute atomic E-state index is 0.253. The van der Waals surface area contributed by atoms with Gasteiger partial charge in [0.1, 0.15) is 17.7 Å². The number of unbranched alkanes of at least 4 members (excludes halogenated alkanes) is 2. The van der Waals surface area contributed by atoms with Crippen LogP contribution in [0.5, 0.6) is 11.5 Å². The summed E-state index contributed by atoms with van der Waals surface area (Å²) in [6.07, 6.45) is 4.24. The lowest BCUT2D eigenvalue weighted by Gasteiger charge is -2.38. The number of anilines is 2. The number of benzene rings is 3. The van der Waals surface area contributed by atoms with Crippen LogP contribution in [0.3, 0.4) is 0 Å². The first-order chi connectivity index (χ1) is 18.9. The molecule has 0 bridgehead atoms. The second-order valence-corrected chi connectivity index (χ2v) is 10.6. The zero-order valence-electron chi connectivity index (χ0n) is 23.2. The molecule has 1 N–H and O–H groups in total. The number of hydrogen-bond acceptors (Lipinski definition) is 6. The molecule has 2 atom stereocenters. The number of nitrogens with one attached hydrogen (secondary N) is 1. The van der Waals surface area contributed by atoms with Gasteiger partial charge < -0.3 is 24.4 Å². The summed E-state index contributed by atoms with van der Waals surface area (Å²) >= 11 is 6.74. The van der Waals surface area contributed by atoms with Crippen molar-refractivity contribution in [3.63, 3.8) is 0 Å². The number of carbonyl (C=O) groups is 1. The zero-order chi connectivity index (χ0) is 27.6. The number of carbonyl (C=O) groups excluding carboxylic acids is 1. The normalized spacial score (nSPS) is 17.6. The average molecular weight is 549 g/mol. The van der Waals surface area contributed by atoms with E-state index < -0.39 is 5.60 Å². The summed E-state index contributed by atoms with van der Waals surface area (Å²) in [5.41, 5.74) is 3.52. The molecule has 2 aliphatic heterocycles. The van der Waals surface area contributed by atoms with Gasteiger partial charge in [0.25, 0.3) is 0 Å². The van der Waals surface area contributed by atoms with E-state index >= 15 is 0 Å². The van der Waals surface area contributed by atoms with Gasteiger partial charge in [-0.15, -0.1) is 0 Å². The molecule has 6 nitrogen and oxygen atoms in total. The van der Waals surface area contributed by atoms with Gasteiger partial charge in [-0.3, -0.25) is 0 Å². The maximum absolute atomic E-state index is 13.3. The Morgan fingerprint density at radius 2 is 1.67 bits per heavy atom. The van der Waals surface area contributed by atoms with Crippen molar-refractivity contribution in [2.45, 2.75) is 65.2 Å². The average Bonchev–Trinajstić information content (AvgIpc) is 3.22. The number of nitrogens with zero attached hydrogens (tertiary/aromatic N) is 1. The van der Waals surface area contributed by atoms with Gasteiger partial charge in [0.15, 0.2) is 5.60 Å².